The van der Waals surface area contributed by atoms with E-state index in [1.54, 1.807) is 6.07 Å². The highest BCUT2D eigenvalue weighted by Gasteiger charge is 2.17. The molecule has 0 saturated carbocycles. The summed E-state index contributed by atoms with van der Waals surface area (Å²) in [7, 11) is 2.02. The number of hydrogen-bond donors (Lipinski definition) is 2. The van der Waals surface area contributed by atoms with Crippen molar-refractivity contribution in [2.24, 2.45) is 16.8 Å². The zero-order chi connectivity index (χ0) is 15.2. The zero-order valence-corrected chi connectivity index (χ0v) is 12.3. The number of halogens is 1. The lowest BCUT2D eigenvalue weighted by atomic mass is 9.99. The summed E-state index contributed by atoms with van der Waals surface area (Å²) in [4.78, 5) is 2.18. The van der Waals surface area contributed by atoms with Crippen molar-refractivity contribution in [1.29, 1.82) is 0 Å². The Morgan fingerprint density at radius 1 is 1.48 bits per heavy atom. The van der Waals surface area contributed by atoms with Gasteiger partial charge in [-0.15, -0.1) is 0 Å². The maximum atomic E-state index is 13.3. The summed E-state index contributed by atoms with van der Waals surface area (Å²) >= 11 is 0. The molecule has 0 radical (unpaired) electrons. The first-order chi connectivity index (χ1) is 10.1. The van der Waals surface area contributed by atoms with Gasteiger partial charge in [0.1, 0.15) is 5.82 Å². The molecular formula is C15H22FN3O2. The number of nitrogens with two attached hydrogens (primary N) is 1. The van der Waals surface area contributed by atoms with Crippen LogP contribution in [0.2, 0.25) is 0 Å². The molecule has 0 aromatic heterocycles. The third-order valence-electron chi connectivity index (χ3n) is 3.81. The van der Waals surface area contributed by atoms with Crippen molar-refractivity contribution in [3.63, 3.8) is 0 Å². The van der Waals surface area contributed by atoms with Gasteiger partial charge in [0.15, 0.2) is 5.84 Å². The van der Waals surface area contributed by atoms with Gasteiger partial charge in [-0.1, -0.05) is 11.2 Å². The quantitative estimate of drug-likeness (QED) is 0.376. The Bertz CT molecular complexity index is 502. The molecule has 0 amide bonds. The second-order valence-electron chi connectivity index (χ2n) is 5.54. The maximum Gasteiger partial charge on any atom is 0.170 e. The third-order valence-corrected chi connectivity index (χ3v) is 3.81. The minimum Gasteiger partial charge on any atom is -0.409 e. The fourth-order valence-corrected chi connectivity index (χ4v) is 2.70. The first-order valence-corrected chi connectivity index (χ1v) is 7.12. The molecule has 0 unspecified atom stereocenters. The van der Waals surface area contributed by atoms with Crippen LogP contribution in [0, 0.1) is 11.7 Å². The van der Waals surface area contributed by atoms with E-state index in [4.69, 9.17) is 15.7 Å². The highest BCUT2D eigenvalue weighted by Crippen LogP contribution is 2.18. The van der Waals surface area contributed by atoms with Crippen LogP contribution in [0.5, 0.6) is 0 Å². The normalized spacial score (nSPS) is 17.4. The number of nitrogens with zero attached hydrogens (tertiary/aromatic N) is 2. The fraction of sp³-hybridized carbons (Fsp3) is 0.533. The molecule has 0 spiro atoms. The zero-order valence-electron chi connectivity index (χ0n) is 12.3. The Hall–Kier alpha value is -1.66. The molecule has 1 heterocycles. The topological polar surface area (TPSA) is 71.1 Å². The molecule has 0 bridgehead atoms. The average Bonchev–Trinajstić information content (AvgIpc) is 2.49. The number of benzene rings is 1. The number of ether oxygens (including phenoxy) is 1. The SMILES string of the molecule is CN(Cc1ccc(F)cc1C(N)=NO)CC1CCOCC1. The van der Waals surface area contributed by atoms with Crippen molar-refractivity contribution in [2.45, 2.75) is 19.4 Å². The fourth-order valence-electron chi connectivity index (χ4n) is 2.70. The molecular weight excluding hydrogens is 273 g/mol. The Balaban J connectivity index is 2.04. The minimum absolute atomic E-state index is 0.0658. The molecule has 1 aliphatic rings. The summed E-state index contributed by atoms with van der Waals surface area (Å²) in [5.74, 6) is 0.160. The Labute approximate surface area is 124 Å². The number of hydrogen-bond acceptors (Lipinski definition) is 4. The van der Waals surface area contributed by atoms with Crippen molar-refractivity contribution in [2.75, 3.05) is 26.8 Å². The summed E-state index contributed by atoms with van der Waals surface area (Å²) in [6.07, 6.45) is 2.14. The van der Waals surface area contributed by atoms with Crippen LogP contribution in [0.4, 0.5) is 4.39 Å². The Morgan fingerprint density at radius 3 is 2.86 bits per heavy atom. The first-order valence-electron chi connectivity index (χ1n) is 7.12. The van der Waals surface area contributed by atoms with E-state index in [1.807, 2.05) is 7.05 Å². The van der Waals surface area contributed by atoms with E-state index in [0.717, 1.165) is 38.2 Å². The molecule has 5 nitrogen and oxygen atoms in total. The van der Waals surface area contributed by atoms with Crippen LogP contribution in [0.1, 0.15) is 24.0 Å². The maximum absolute atomic E-state index is 13.3. The van der Waals surface area contributed by atoms with Gasteiger partial charge in [0.2, 0.25) is 0 Å². The summed E-state index contributed by atoms with van der Waals surface area (Å²) < 4.78 is 18.7. The van der Waals surface area contributed by atoms with Crippen LogP contribution in [-0.2, 0) is 11.3 Å². The van der Waals surface area contributed by atoms with Crippen LogP contribution in [-0.4, -0.2) is 42.7 Å². The van der Waals surface area contributed by atoms with Gasteiger partial charge in [-0.3, -0.25) is 0 Å². The first kappa shape index (κ1) is 15.7. The third kappa shape index (κ3) is 4.41. The van der Waals surface area contributed by atoms with Crippen molar-refractivity contribution >= 4 is 5.84 Å². The molecule has 21 heavy (non-hydrogen) atoms. The Morgan fingerprint density at radius 2 is 2.19 bits per heavy atom. The van der Waals surface area contributed by atoms with E-state index >= 15 is 0 Å². The lowest BCUT2D eigenvalue weighted by Crippen LogP contribution is -2.30. The van der Waals surface area contributed by atoms with Gasteiger partial charge in [0.05, 0.1) is 0 Å². The predicted octanol–water partition coefficient (Wildman–Crippen LogP) is 1.78. The van der Waals surface area contributed by atoms with Gasteiger partial charge < -0.3 is 20.6 Å². The highest BCUT2D eigenvalue weighted by molar-refractivity contribution is 5.98. The van der Waals surface area contributed by atoms with Crippen LogP contribution in [0.3, 0.4) is 0 Å². The van der Waals surface area contributed by atoms with Crippen molar-refractivity contribution in [1.82, 2.24) is 4.90 Å². The number of amidine groups is 1. The average molecular weight is 295 g/mol. The highest BCUT2D eigenvalue weighted by atomic mass is 19.1. The van der Waals surface area contributed by atoms with Crippen LogP contribution in [0.15, 0.2) is 23.4 Å². The van der Waals surface area contributed by atoms with E-state index in [0.29, 0.717) is 18.0 Å². The molecule has 1 aliphatic heterocycles. The summed E-state index contributed by atoms with van der Waals surface area (Å²) in [6.45, 7) is 3.23. The Kier molecular flexibility index (Phi) is 5.52. The molecule has 3 N–H and O–H groups in total. The molecule has 1 fully saturated rings. The predicted molar refractivity (Wildman–Crippen MR) is 78.8 cm³/mol. The van der Waals surface area contributed by atoms with Crippen LogP contribution >= 0.6 is 0 Å². The molecule has 0 atom stereocenters. The molecule has 1 saturated heterocycles. The molecule has 2 rings (SSSR count). The van der Waals surface area contributed by atoms with E-state index in [2.05, 4.69) is 10.1 Å². The van der Waals surface area contributed by atoms with Gasteiger partial charge in [0, 0.05) is 31.9 Å². The van der Waals surface area contributed by atoms with E-state index in [9.17, 15) is 4.39 Å². The second kappa shape index (κ2) is 7.38. The van der Waals surface area contributed by atoms with Gasteiger partial charge in [-0.2, -0.15) is 0 Å². The lowest BCUT2D eigenvalue weighted by molar-refractivity contribution is 0.0549. The molecule has 0 aliphatic carbocycles. The van der Waals surface area contributed by atoms with Crippen molar-refractivity contribution in [3.8, 4) is 0 Å². The van der Waals surface area contributed by atoms with Crippen LogP contribution in [0.25, 0.3) is 0 Å². The van der Waals surface area contributed by atoms with E-state index < -0.39 is 5.82 Å². The second-order valence-corrected chi connectivity index (χ2v) is 5.54. The lowest BCUT2D eigenvalue weighted by Gasteiger charge is -2.27. The van der Waals surface area contributed by atoms with Crippen molar-refractivity contribution < 1.29 is 14.3 Å². The molecule has 116 valence electrons. The monoisotopic (exact) mass is 295 g/mol. The standard InChI is InChI=1S/C15H22FN3O2/c1-19(9-11-4-6-21-7-5-11)10-12-2-3-13(16)8-14(12)15(17)18-20/h2-3,8,11,20H,4-7,9-10H2,1H3,(H2,17,18). The summed E-state index contributed by atoms with van der Waals surface area (Å²) in [6, 6.07) is 4.38. The van der Waals surface area contributed by atoms with E-state index in [-0.39, 0.29) is 5.84 Å². The van der Waals surface area contributed by atoms with Crippen LogP contribution < -0.4 is 5.73 Å². The summed E-state index contributed by atoms with van der Waals surface area (Å²) in [5.41, 5.74) is 6.91. The number of oxime groups is 1. The van der Waals surface area contributed by atoms with Gasteiger partial charge in [-0.05, 0) is 43.5 Å². The largest absolute Gasteiger partial charge is 0.409 e. The molecule has 6 heteroatoms. The summed E-state index contributed by atoms with van der Waals surface area (Å²) in [5, 5.41) is 11.8. The van der Waals surface area contributed by atoms with E-state index in [1.165, 1.54) is 12.1 Å². The molecule has 1 aromatic rings. The minimum atomic E-state index is -0.396. The van der Waals surface area contributed by atoms with Gasteiger partial charge >= 0.3 is 0 Å². The van der Waals surface area contributed by atoms with Gasteiger partial charge in [0.25, 0.3) is 0 Å². The number of rotatable bonds is 5. The molecule has 1 aromatic carbocycles. The van der Waals surface area contributed by atoms with Gasteiger partial charge in [-0.25, -0.2) is 4.39 Å². The smallest absolute Gasteiger partial charge is 0.170 e. The van der Waals surface area contributed by atoms with Crippen molar-refractivity contribution in [3.05, 3.63) is 35.1 Å².